The first kappa shape index (κ1) is 17.5. The molecule has 2 aromatic carbocycles. The Morgan fingerprint density at radius 1 is 1.07 bits per heavy atom. The molecule has 0 radical (unpaired) electrons. The number of nitrogens with zero attached hydrogens (tertiary/aromatic N) is 3. The molecule has 0 aliphatic carbocycles. The number of carbonyl (C=O) groups excluding carboxylic acids is 1. The Morgan fingerprint density at radius 3 is 2.56 bits per heavy atom. The van der Waals surface area contributed by atoms with Crippen LogP contribution in [0.25, 0.3) is 33.1 Å². The van der Waals surface area contributed by atoms with Gasteiger partial charge in [0.25, 0.3) is 0 Å². The smallest absolute Gasteiger partial charge is 0.326 e. The number of benzene rings is 2. The highest BCUT2D eigenvalue weighted by Crippen LogP contribution is 2.30. The maximum Gasteiger partial charge on any atom is 0.326 e. The summed E-state index contributed by atoms with van der Waals surface area (Å²) in [5, 5.41) is 1.01. The Hall–Kier alpha value is -2.95. The van der Waals surface area contributed by atoms with E-state index >= 15 is 0 Å². The van der Waals surface area contributed by atoms with Crippen molar-refractivity contribution in [1.82, 2.24) is 14.5 Å². The minimum atomic E-state index is -0.243. The molecule has 5 nitrogen and oxygen atoms in total. The quantitative estimate of drug-likeness (QED) is 0.486. The van der Waals surface area contributed by atoms with E-state index in [0.29, 0.717) is 12.5 Å². The summed E-state index contributed by atoms with van der Waals surface area (Å²) < 4.78 is 7.39. The predicted molar refractivity (Wildman–Crippen MR) is 108 cm³/mol. The van der Waals surface area contributed by atoms with Crippen LogP contribution in [0.2, 0.25) is 0 Å². The minimum absolute atomic E-state index is 0.135. The van der Waals surface area contributed by atoms with Crippen molar-refractivity contribution in [3.05, 3.63) is 48.0 Å². The van der Waals surface area contributed by atoms with Gasteiger partial charge in [0.15, 0.2) is 5.65 Å². The van der Waals surface area contributed by atoms with E-state index in [0.717, 1.165) is 45.1 Å². The summed E-state index contributed by atoms with van der Waals surface area (Å²) in [5.74, 6) is 0.262. The molecule has 0 amide bonds. The summed E-state index contributed by atoms with van der Waals surface area (Å²) in [5.41, 5.74) is 5.29. The predicted octanol–water partition coefficient (Wildman–Crippen LogP) is 4.64. The molecule has 0 fully saturated rings. The molecule has 4 aromatic rings. The molecule has 5 heteroatoms. The number of aryl methyl sites for hydroxylation is 1. The number of hydrogen-bond acceptors (Lipinski definition) is 4. The van der Waals surface area contributed by atoms with Gasteiger partial charge in [-0.15, -0.1) is 0 Å². The molecule has 27 heavy (non-hydrogen) atoms. The van der Waals surface area contributed by atoms with Crippen molar-refractivity contribution in [1.29, 1.82) is 0 Å². The molecule has 0 spiro atoms. The van der Waals surface area contributed by atoms with Gasteiger partial charge in [0.2, 0.25) is 0 Å². The van der Waals surface area contributed by atoms with E-state index in [1.165, 1.54) is 0 Å². The number of aromatic nitrogens is 3. The fourth-order valence-corrected chi connectivity index (χ4v) is 3.41. The Bertz CT molecular complexity index is 1140. The lowest BCUT2D eigenvalue weighted by atomic mass is 10.1. The molecule has 0 saturated carbocycles. The third kappa shape index (κ3) is 3.25. The van der Waals surface area contributed by atoms with Crippen LogP contribution in [0.15, 0.2) is 42.5 Å². The molecule has 0 atom stereocenters. The van der Waals surface area contributed by atoms with Gasteiger partial charge < -0.3 is 9.30 Å². The first-order chi connectivity index (χ1) is 13.0. The summed E-state index contributed by atoms with van der Waals surface area (Å²) in [7, 11) is 0. The van der Waals surface area contributed by atoms with Crippen LogP contribution in [0.3, 0.4) is 0 Å². The molecule has 0 aliphatic heterocycles. The van der Waals surface area contributed by atoms with Crippen LogP contribution in [-0.4, -0.2) is 27.1 Å². The molecule has 2 heterocycles. The van der Waals surface area contributed by atoms with Crippen LogP contribution in [-0.2, 0) is 16.1 Å². The summed E-state index contributed by atoms with van der Waals surface area (Å²) in [6.45, 7) is 6.86. The summed E-state index contributed by atoms with van der Waals surface area (Å²) in [6, 6.07) is 13.9. The second kappa shape index (κ2) is 6.99. The van der Waals surface area contributed by atoms with Crippen LogP contribution in [0.1, 0.15) is 25.8 Å². The van der Waals surface area contributed by atoms with E-state index in [4.69, 9.17) is 14.7 Å². The van der Waals surface area contributed by atoms with E-state index in [9.17, 15) is 4.79 Å². The zero-order valence-corrected chi connectivity index (χ0v) is 15.9. The molecule has 4 rings (SSSR count). The minimum Gasteiger partial charge on any atom is -0.464 e. The van der Waals surface area contributed by atoms with E-state index in [1.807, 2.05) is 54.0 Å². The van der Waals surface area contributed by atoms with E-state index in [-0.39, 0.29) is 12.5 Å². The topological polar surface area (TPSA) is 57.0 Å². The number of rotatable bonds is 5. The normalized spacial score (nSPS) is 11.7. The fourth-order valence-electron chi connectivity index (χ4n) is 3.41. The van der Waals surface area contributed by atoms with Gasteiger partial charge in [-0.25, -0.2) is 9.97 Å². The molecular weight excluding hydrogens is 338 g/mol. The summed E-state index contributed by atoms with van der Waals surface area (Å²) >= 11 is 0. The molecule has 0 unspecified atom stereocenters. The van der Waals surface area contributed by atoms with Crippen molar-refractivity contribution < 1.29 is 9.53 Å². The molecule has 0 N–H and O–H groups in total. The standard InChI is InChI=1S/C22H23N3O2/c1-14(2)11-12-27-19(26)13-25-21-15(3)7-6-8-16(21)20-22(25)24-18-10-5-4-9-17(18)23-20/h4-10,14H,11-13H2,1-3H3. The van der Waals surface area contributed by atoms with Gasteiger partial charge in [-0.05, 0) is 37.0 Å². The van der Waals surface area contributed by atoms with Crippen molar-refractivity contribution in [2.45, 2.75) is 33.7 Å². The first-order valence-corrected chi connectivity index (χ1v) is 9.34. The van der Waals surface area contributed by atoms with Crippen molar-refractivity contribution >= 4 is 39.1 Å². The second-order valence-corrected chi connectivity index (χ2v) is 7.34. The van der Waals surface area contributed by atoms with Crippen LogP contribution < -0.4 is 0 Å². The fraction of sp³-hybridized carbons (Fsp3) is 0.318. The lowest BCUT2D eigenvalue weighted by Crippen LogP contribution is -2.15. The van der Waals surface area contributed by atoms with Crippen LogP contribution >= 0.6 is 0 Å². The van der Waals surface area contributed by atoms with Crippen LogP contribution in [0.4, 0.5) is 0 Å². The molecule has 0 saturated heterocycles. The Morgan fingerprint density at radius 2 is 1.81 bits per heavy atom. The van der Waals surface area contributed by atoms with Crippen molar-refractivity contribution in [2.75, 3.05) is 6.61 Å². The average Bonchev–Trinajstić information content (AvgIpc) is 2.94. The Labute approximate surface area is 158 Å². The van der Waals surface area contributed by atoms with Gasteiger partial charge in [-0.2, -0.15) is 0 Å². The maximum absolute atomic E-state index is 12.5. The second-order valence-electron chi connectivity index (χ2n) is 7.34. The third-order valence-electron chi connectivity index (χ3n) is 4.82. The highest BCUT2D eigenvalue weighted by molar-refractivity contribution is 6.08. The van der Waals surface area contributed by atoms with Crippen molar-refractivity contribution in [3.8, 4) is 0 Å². The van der Waals surface area contributed by atoms with Gasteiger partial charge >= 0.3 is 5.97 Å². The number of fused-ring (bicyclic) bond motifs is 4. The number of para-hydroxylation sites is 3. The van der Waals surface area contributed by atoms with Crippen molar-refractivity contribution in [3.63, 3.8) is 0 Å². The number of hydrogen-bond donors (Lipinski definition) is 0. The zero-order chi connectivity index (χ0) is 19.0. The average molecular weight is 361 g/mol. The number of ether oxygens (including phenoxy) is 1. The SMILES string of the molecule is Cc1cccc2c3nc4ccccc4nc3n(CC(=O)OCCC(C)C)c12. The van der Waals surface area contributed by atoms with Crippen LogP contribution in [0, 0.1) is 12.8 Å². The monoisotopic (exact) mass is 361 g/mol. The molecule has 138 valence electrons. The van der Waals surface area contributed by atoms with Crippen molar-refractivity contribution in [2.24, 2.45) is 5.92 Å². The largest absolute Gasteiger partial charge is 0.464 e. The van der Waals surface area contributed by atoms with Crippen LogP contribution in [0.5, 0.6) is 0 Å². The molecule has 0 aliphatic rings. The van der Waals surface area contributed by atoms with E-state index in [1.54, 1.807) is 0 Å². The summed E-state index contributed by atoms with van der Waals surface area (Å²) in [4.78, 5) is 22.1. The van der Waals surface area contributed by atoms with Gasteiger partial charge in [0.05, 0.1) is 23.2 Å². The third-order valence-corrected chi connectivity index (χ3v) is 4.82. The maximum atomic E-state index is 12.5. The highest BCUT2D eigenvalue weighted by atomic mass is 16.5. The zero-order valence-electron chi connectivity index (χ0n) is 15.9. The summed E-state index contributed by atoms with van der Waals surface area (Å²) in [6.07, 6.45) is 0.863. The van der Waals surface area contributed by atoms with Gasteiger partial charge in [0, 0.05) is 5.39 Å². The van der Waals surface area contributed by atoms with Gasteiger partial charge in [-0.3, -0.25) is 4.79 Å². The Kier molecular flexibility index (Phi) is 4.52. The molecular formula is C22H23N3O2. The van der Waals surface area contributed by atoms with E-state index < -0.39 is 0 Å². The lowest BCUT2D eigenvalue weighted by molar-refractivity contribution is -0.144. The van der Waals surface area contributed by atoms with E-state index in [2.05, 4.69) is 13.8 Å². The molecule has 0 bridgehead atoms. The van der Waals surface area contributed by atoms with Gasteiger partial charge in [0.1, 0.15) is 12.1 Å². The number of esters is 1. The lowest BCUT2D eigenvalue weighted by Gasteiger charge is -2.10. The number of carbonyl (C=O) groups is 1. The molecule has 2 aromatic heterocycles. The first-order valence-electron chi connectivity index (χ1n) is 9.34. The van der Waals surface area contributed by atoms with Gasteiger partial charge in [-0.1, -0.05) is 44.2 Å². The highest BCUT2D eigenvalue weighted by Gasteiger charge is 2.18. The Balaban J connectivity index is 1.84.